The normalized spacial score (nSPS) is 17.1. The molecule has 0 radical (unpaired) electrons. The van der Waals surface area contributed by atoms with E-state index < -0.39 is 25.2 Å². The van der Waals surface area contributed by atoms with Gasteiger partial charge >= 0.3 is 0 Å². The van der Waals surface area contributed by atoms with Crippen LogP contribution in [0.1, 0.15) is 29.4 Å². The minimum Gasteiger partial charge on any atom is -0.331 e. The maximum absolute atomic E-state index is 13.8. The summed E-state index contributed by atoms with van der Waals surface area (Å²) in [6, 6.07) is 4.04. The zero-order chi connectivity index (χ0) is 21.2. The summed E-state index contributed by atoms with van der Waals surface area (Å²) in [4.78, 5) is 19.8. The molecule has 0 fully saturated rings. The van der Waals surface area contributed by atoms with E-state index in [1.54, 1.807) is 17.0 Å². The Balaban J connectivity index is 1.98. The van der Waals surface area contributed by atoms with Crippen molar-refractivity contribution in [1.82, 2.24) is 9.55 Å². The summed E-state index contributed by atoms with van der Waals surface area (Å²) in [5.41, 5.74) is 4.90. The molecular formula is C20H22ClFN4O2Si. The number of nitrogens with zero attached hydrogens (tertiary/aromatic N) is 4. The highest BCUT2D eigenvalue weighted by molar-refractivity contribution is 6.83. The number of fused-ring (bicyclic) bond motifs is 1. The van der Waals surface area contributed by atoms with Crippen molar-refractivity contribution in [1.29, 1.82) is 0 Å². The SMILES string of the molecule is C[Si](C)(C)C#CCC(N=Cc1c(Cl)cccc1[N+](=O)[O-])c1ncn2c1C[C@@H](F)C2. The van der Waals surface area contributed by atoms with Gasteiger partial charge in [0.25, 0.3) is 5.69 Å². The standard InChI is InChI=1S/C20H22ClFN4O2Si/c1-29(2,3)9-5-7-17(20-19-10-14(22)12-25(19)13-24-20)23-11-15-16(21)6-4-8-18(15)26(27)28/h4,6,8,11,13-14,17H,7,10,12H2,1-3H3/t14-,17?/m1/s1. The number of halogens is 2. The number of benzene rings is 1. The molecule has 1 aliphatic rings. The lowest BCUT2D eigenvalue weighted by Gasteiger charge is -2.10. The smallest absolute Gasteiger partial charge is 0.279 e. The third kappa shape index (κ3) is 5.11. The summed E-state index contributed by atoms with van der Waals surface area (Å²) >= 11 is 6.17. The molecule has 1 aromatic carbocycles. The number of rotatable bonds is 5. The first-order chi connectivity index (χ1) is 13.7. The van der Waals surface area contributed by atoms with Gasteiger partial charge in [-0.15, -0.1) is 11.5 Å². The predicted octanol–water partition coefficient (Wildman–Crippen LogP) is 4.77. The minimum absolute atomic E-state index is 0.118. The number of hydrogen-bond donors (Lipinski definition) is 0. The fourth-order valence-electron chi connectivity index (χ4n) is 3.18. The molecular weight excluding hydrogens is 411 g/mol. The highest BCUT2D eigenvalue weighted by Gasteiger charge is 2.28. The van der Waals surface area contributed by atoms with E-state index in [1.165, 1.54) is 18.3 Å². The molecule has 0 N–H and O–H groups in total. The molecule has 2 heterocycles. The molecule has 29 heavy (non-hydrogen) atoms. The van der Waals surface area contributed by atoms with Gasteiger partial charge in [-0.1, -0.05) is 37.3 Å². The van der Waals surface area contributed by atoms with Gasteiger partial charge in [0.15, 0.2) is 0 Å². The van der Waals surface area contributed by atoms with E-state index in [-0.39, 0.29) is 29.2 Å². The van der Waals surface area contributed by atoms with Crippen molar-refractivity contribution in [3.05, 3.63) is 56.6 Å². The quantitative estimate of drug-likeness (QED) is 0.224. The summed E-state index contributed by atoms with van der Waals surface area (Å²) in [5, 5.41) is 11.6. The zero-order valence-electron chi connectivity index (χ0n) is 16.5. The number of alkyl halides is 1. The Morgan fingerprint density at radius 2 is 2.28 bits per heavy atom. The highest BCUT2D eigenvalue weighted by Crippen LogP contribution is 2.30. The van der Waals surface area contributed by atoms with E-state index in [0.29, 0.717) is 12.1 Å². The highest BCUT2D eigenvalue weighted by atomic mass is 35.5. The molecule has 2 atom stereocenters. The van der Waals surface area contributed by atoms with E-state index >= 15 is 0 Å². The van der Waals surface area contributed by atoms with Crippen LogP contribution in [0.2, 0.25) is 24.7 Å². The Hall–Kier alpha value is -2.50. The van der Waals surface area contributed by atoms with Gasteiger partial charge in [-0.25, -0.2) is 9.37 Å². The van der Waals surface area contributed by atoms with Crippen LogP contribution >= 0.6 is 11.6 Å². The van der Waals surface area contributed by atoms with Crippen LogP contribution in [0.15, 0.2) is 29.5 Å². The van der Waals surface area contributed by atoms with E-state index in [0.717, 1.165) is 5.69 Å². The van der Waals surface area contributed by atoms with Gasteiger partial charge in [-0.05, 0) is 6.07 Å². The van der Waals surface area contributed by atoms with Crippen molar-refractivity contribution in [3.8, 4) is 11.5 Å². The van der Waals surface area contributed by atoms with Crippen molar-refractivity contribution in [2.75, 3.05) is 0 Å². The molecule has 152 valence electrons. The Morgan fingerprint density at radius 1 is 1.52 bits per heavy atom. The predicted molar refractivity (Wildman–Crippen MR) is 115 cm³/mol. The Labute approximate surface area is 175 Å². The fraction of sp³-hybridized carbons (Fsp3) is 0.400. The first-order valence-electron chi connectivity index (χ1n) is 9.30. The van der Waals surface area contributed by atoms with E-state index in [1.807, 2.05) is 0 Å². The van der Waals surface area contributed by atoms with Crippen LogP contribution < -0.4 is 0 Å². The second kappa shape index (κ2) is 8.47. The van der Waals surface area contributed by atoms with Crippen molar-refractivity contribution in [2.45, 2.75) is 51.2 Å². The van der Waals surface area contributed by atoms with Crippen LogP contribution in [0, 0.1) is 21.6 Å². The zero-order valence-corrected chi connectivity index (χ0v) is 18.3. The van der Waals surface area contributed by atoms with Gasteiger partial charge in [-0.3, -0.25) is 15.1 Å². The van der Waals surface area contributed by atoms with E-state index in [9.17, 15) is 14.5 Å². The van der Waals surface area contributed by atoms with Crippen LogP contribution in [-0.2, 0) is 13.0 Å². The molecule has 0 saturated carbocycles. The Kier molecular flexibility index (Phi) is 6.20. The summed E-state index contributed by atoms with van der Waals surface area (Å²) in [6.07, 6.45) is 2.79. The van der Waals surface area contributed by atoms with Crippen molar-refractivity contribution < 1.29 is 9.31 Å². The molecule has 0 bridgehead atoms. The number of nitro groups is 1. The van der Waals surface area contributed by atoms with Crippen molar-refractivity contribution in [2.24, 2.45) is 4.99 Å². The van der Waals surface area contributed by atoms with Gasteiger partial charge in [0, 0.05) is 30.8 Å². The third-order valence-corrected chi connectivity index (χ3v) is 5.73. The van der Waals surface area contributed by atoms with Crippen molar-refractivity contribution in [3.63, 3.8) is 0 Å². The fourth-order valence-corrected chi connectivity index (χ4v) is 4.03. The van der Waals surface area contributed by atoms with Gasteiger partial charge in [0.2, 0.25) is 0 Å². The topological polar surface area (TPSA) is 73.3 Å². The average Bonchev–Trinajstić information content (AvgIpc) is 3.16. The first-order valence-corrected chi connectivity index (χ1v) is 13.2. The number of nitro benzene ring substituents is 1. The summed E-state index contributed by atoms with van der Waals surface area (Å²) in [5.74, 6) is 3.19. The average molecular weight is 433 g/mol. The molecule has 2 aromatic rings. The summed E-state index contributed by atoms with van der Waals surface area (Å²) in [7, 11) is -1.57. The van der Waals surface area contributed by atoms with E-state index in [4.69, 9.17) is 11.6 Å². The van der Waals surface area contributed by atoms with Crippen LogP contribution in [0.5, 0.6) is 0 Å². The summed E-state index contributed by atoms with van der Waals surface area (Å²) in [6.45, 7) is 6.73. The molecule has 0 aliphatic carbocycles. The molecule has 1 aromatic heterocycles. The Morgan fingerprint density at radius 3 is 2.97 bits per heavy atom. The first kappa shape index (κ1) is 21.2. The molecule has 1 unspecified atom stereocenters. The van der Waals surface area contributed by atoms with Crippen LogP contribution in [0.3, 0.4) is 0 Å². The molecule has 1 aliphatic heterocycles. The minimum atomic E-state index is -1.57. The Bertz CT molecular complexity index is 1020. The summed E-state index contributed by atoms with van der Waals surface area (Å²) < 4.78 is 15.6. The van der Waals surface area contributed by atoms with E-state index in [2.05, 4.69) is 41.1 Å². The second-order valence-electron chi connectivity index (χ2n) is 8.01. The largest absolute Gasteiger partial charge is 0.331 e. The lowest BCUT2D eigenvalue weighted by Crippen LogP contribution is -2.16. The molecule has 6 nitrogen and oxygen atoms in total. The van der Waals surface area contributed by atoms with Gasteiger partial charge < -0.3 is 4.57 Å². The number of aromatic nitrogens is 2. The maximum atomic E-state index is 13.8. The lowest BCUT2D eigenvalue weighted by atomic mass is 10.1. The lowest BCUT2D eigenvalue weighted by molar-refractivity contribution is -0.385. The molecule has 0 spiro atoms. The maximum Gasteiger partial charge on any atom is 0.279 e. The van der Waals surface area contributed by atoms with Crippen LogP contribution in [-0.4, -0.2) is 34.9 Å². The molecule has 0 saturated heterocycles. The third-order valence-electron chi connectivity index (χ3n) is 4.47. The van der Waals surface area contributed by atoms with Crippen LogP contribution in [0.4, 0.5) is 10.1 Å². The van der Waals surface area contributed by atoms with Crippen LogP contribution in [0.25, 0.3) is 0 Å². The molecule has 3 rings (SSSR count). The van der Waals surface area contributed by atoms with Gasteiger partial charge in [0.05, 0.1) is 34.1 Å². The monoisotopic (exact) mass is 432 g/mol. The number of hydrogen-bond acceptors (Lipinski definition) is 4. The second-order valence-corrected chi connectivity index (χ2v) is 13.2. The number of aliphatic imine (C=N–C) groups is 1. The van der Waals surface area contributed by atoms with Crippen molar-refractivity contribution >= 4 is 31.6 Å². The van der Waals surface area contributed by atoms with Gasteiger partial charge in [0.1, 0.15) is 20.3 Å². The number of imidazole rings is 1. The molecule has 0 amide bonds. The molecule has 9 heteroatoms. The van der Waals surface area contributed by atoms with Gasteiger partial charge in [-0.2, -0.15) is 0 Å².